The minimum Gasteiger partial charge on any atom is -0.478 e. The molecule has 0 amide bonds. The van der Waals surface area contributed by atoms with E-state index in [-0.39, 0.29) is 5.56 Å². The fraction of sp³-hybridized carbons (Fsp3) is 0. The zero-order chi connectivity index (χ0) is 12.4. The third kappa shape index (κ3) is 2.45. The van der Waals surface area contributed by atoms with Crippen molar-refractivity contribution in [2.75, 3.05) is 0 Å². The number of halogens is 2. The van der Waals surface area contributed by atoms with Crippen molar-refractivity contribution < 1.29 is 14.3 Å². The summed E-state index contributed by atoms with van der Waals surface area (Å²) in [5.74, 6) is -2.02. The molecule has 2 nitrogen and oxygen atoms in total. The summed E-state index contributed by atoms with van der Waals surface area (Å²) in [6.07, 6.45) is 0. The lowest BCUT2D eigenvalue weighted by Gasteiger charge is -2.04. The van der Waals surface area contributed by atoms with E-state index in [0.29, 0.717) is 10.6 Å². The molecular weight excluding hydrogens is 243 g/mol. The van der Waals surface area contributed by atoms with Crippen LogP contribution in [-0.2, 0) is 0 Å². The Balaban J connectivity index is 2.44. The van der Waals surface area contributed by atoms with E-state index in [2.05, 4.69) is 0 Å². The summed E-state index contributed by atoms with van der Waals surface area (Å²) in [4.78, 5) is 10.7. The zero-order valence-electron chi connectivity index (χ0n) is 8.65. The topological polar surface area (TPSA) is 37.3 Å². The Morgan fingerprint density at radius 3 is 2.18 bits per heavy atom. The minimum absolute atomic E-state index is 0.331. The molecule has 0 spiro atoms. The molecule has 0 aliphatic heterocycles. The highest BCUT2D eigenvalue weighted by Crippen LogP contribution is 2.23. The van der Waals surface area contributed by atoms with Crippen LogP contribution in [0.5, 0.6) is 0 Å². The summed E-state index contributed by atoms with van der Waals surface area (Å²) in [6, 6.07) is 10.9. The standard InChI is InChI=1S/C13H8ClFO2/c14-10-4-1-8(2-5-10)9-3-6-11(13(16)17)12(15)7-9/h1-7H,(H,16,17). The maximum atomic E-state index is 13.5. The first-order chi connectivity index (χ1) is 8.08. The van der Waals surface area contributed by atoms with Crippen molar-refractivity contribution in [1.82, 2.24) is 0 Å². The van der Waals surface area contributed by atoms with Gasteiger partial charge in [0.15, 0.2) is 0 Å². The summed E-state index contributed by atoms with van der Waals surface area (Å²) < 4.78 is 13.5. The maximum Gasteiger partial charge on any atom is 0.338 e. The molecule has 0 radical (unpaired) electrons. The fourth-order valence-corrected chi connectivity index (χ4v) is 1.64. The number of carboxylic acids is 1. The Morgan fingerprint density at radius 2 is 1.65 bits per heavy atom. The minimum atomic E-state index is -1.27. The van der Waals surface area contributed by atoms with Gasteiger partial charge in [-0.05, 0) is 35.4 Å². The van der Waals surface area contributed by atoms with Crippen LogP contribution in [0.25, 0.3) is 11.1 Å². The molecule has 2 aromatic carbocycles. The average Bonchev–Trinajstić information content (AvgIpc) is 2.29. The van der Waals surface area contributed by atoms with Crippen LogP contribution in [0.1, 0.15) is 10.4 Å². The molecule has 0 saturated heterocycles. The number of carbonyl (C=O) groups is 1. The lowest BCUT2D eigenvalue weighted by molar-refractivity contribution is 0.0692. The van der Waals surface area contributed by atoms with Gasteiger partial charge in [0, 0.05) is 5.02 Å². The van der Waals surface area contributed by atoms with Crippen LogP contribution in [0.2, 0.25) is 5.02 Å². The van der Waals surface area contributed by atoms with E-state index in [1.165, 1.54) is 12.1 Å². The van der Waals surface area contributed by atoms with Crippen LogP contribution in [0.3, 0.4) is 0 Å². The molecule has 0 aliphatic rings. The summed E-state index contributed by atoms with van der Waals surface area (Å²) >= 11 is 5.75. The lowest BCUT2D eigenvalue weighted by atomic mass is 10.0. The zero-order valence-corrected chi connectivity index (χ0v) is 9.41. The maximum absolute atomic E-state index is 13.5. The van der Waals surface area contributed by atoms with Crippen LogP contribution in [-0.4, -0.2) is 11.1 Å². The van der Waals surface area contributed by atoms with Gasteiger partial charge < -0.3 is 5.11 Å². The van der Waals surface area contributed by atoms with Gasteiger partial charge in [-0.3, -0.25) is 0 Å². The predicted molar refractivity (Wildman–Crippen MR) is 63.8 cm³/mol. The molecule has 17 heavy (non-hydrogen) atoms. The third-order valence-electron chi connectivity index (χ3n) is 2.38. The van der Waals surface area contributed by atoms with E-state index < -0.39 is 11.8 Å². The molecule has 86 valence electrons. The van der Waals surface area contributed by atoms with Crippen LogP contribution < -0.4 is 0 Å². The monoisotopic (exact) mass is 250 g/mol. The quantitative estimate of drug-likeness (QED) is 0.879. The number of hydrogen-bond acceptors (Lipinski definition) is 1. The largest absolute Gasteiger partial charge is 0.478 e. The Bertz CT molecular complexity index is 564. The highest BCUT2D eigenvalue weighted by atomic mass is 35.5. The molecular formula is C13H8ClFO2. The summed E-state index contributed by atoms with van der Waals surface area (Å²) in [7, 11) is 0. The summed E-state index contributed by atoms with van der Waals surface area (Å²) in [5.41, 5.74) is 1.07. The molecule has 2 aromatic rings. The van der Waals surface area contributed by atoms with Gasteiger partial charge in [-0.2, -0.15) is 0 Å². The van der Waals surface area contributed by atoms with Gasteiger partial charge in [-0.25, -0.2) is 9.18 Å². The van der Waals surface area contributed by atoms with E-state index in [0.717, 1.165) is 5.56 Å². The van der Waals surface area contributed by atoms with Gasteiger partial charge in [0.1, 0.15) is 5.82 Å². The van der Waals surface area contributed by atoms with Crippen molar-refractivity contribution in [2.45, 2.75) is 0 Å². The number of carboxylic acid groups (broad SMARTS) is 1. The molecule has 4 heteroatoms. The van der Waals surface area contributed by atoms with Gasteiger partial charge in [-0.1, -0.05) is 29.8 Å². The highest BCUT2D eigenvalue weighted by molar-refractivity contribution is 6.30. The molecule has 0 aliphatic carbocycles. The highest BCUT2D eigenvalue weighted by Gasteiger charge is 2.10. The van der Waals surface area contributed by atoms with Crippen LogP contribution in [0.4, 0.5) is 4.39 Å². The van der Waals surface area contributed by atoms with Crippen molar-refractivity contribution in [3.05, 3.63) is 58.9 Å². The first-order valence-electron chi connectivity index (χ1n) is 4.87. The molecule has 0 unspecified atom stereocenters. The second kappa shape index (κ2) is 4.55. The van der Waals surface area contributed by atoms with Crippen molar-refractivity contribution in [1.29, 1.82) is 0 Å². The number of rotatable bonds is 2. The van der Waals surface area contributed by atoms with E-state index >= 15 is 0 Å². The van der Waals surface area contributed by atoms with Crippen molar-refractivity contribution >= 4 is 17.6 Å². The fourth-order valence-electron chi connectivity index (χ4n) is 1.51. The van der Waals surface area contributed by atoms with Gasteiger partial charge >= 0.3 is 5.97 Å². The number of hydrogen-bond donors (Lipinski definition) is 1. The number of aromatic carboxylic acids is 1. The Hall–Kier alpha value is -1.87. The Morgan fingerprint density at radius 1 is 1.06 bits per heavy atom. The summed E-state index contributed by atoms with van der Waals surface area (Å²) in [5, 5.41) is 9.30. The second-order valence-corrected chi connectivity index (χ2v) is 3.94. The van der Waals surface area contributed by atoms with Crippen molar-refractivity contribution in [3.8, 4) is 11.1 Å². The molecule has 0 aromatic heterocycles. The molecule has 0 bridgehead atoms. The van der Waals surface area contributed by atoms with Crippen molar-refractivity contribution in [3.63, 3.8) is 0 Å². The SMILES string of the molecule is O=C(O)c1ccc(-c2ccc(Cl)cc2)cc1F. The number of benzene rings is 2. The molecule has 2 rings (SSSR count). The Labute approximate surface area is 102 Å². The van der Waals surface area contributed by atoms with Crippen molar-refractivity contribution in [2.24, 2.45) is 0 Å². The van der Waals surface area contributed by atoms with E-state index in [4.69, 9.17) is 16.7 Å². The van der Waals surface area contributed by atoms with E-state index in [1.807, 2.05) is 0 Å². The van der Waals surface area contributed by atoms with E-state index in [9.17, 15) is 9.18 Å². The van der Waals surface area contributed by atoms with Crippen LogP contribution >= 0.6 is 11.6 Å². The smallest absolute Gasteiger partial charge is 0.338 e. The average molecular weight is 251 g/mol. The van der Waals surface area contributed by atoms with Crippen LogP contribution in [0.15, 0.2) is 42.5 Å². The van der Waals surface area contributed by atoms with E-state index in [1.54, 1.807) is 30.3 Å². The molecule has 0 fully saturated rings. The lowest BCUT2D eigenvalue weighted by Crippen LogP contribution is -2.00. The van der Waals surface area contributed by atoms with Gasteiger partial charge in [0.2, 0.25) is 0 Å². The molecule has 0 atom stereocenters. The second-order valence-electron chi connectivity index (χ2n) is 3.51. The van der Waals surface area contributed by atoms with Crippen LogP contribution in [0, 0.1) is 5.82 Å². The molecule has 0 saturated carbocycles. The van der Waals surface area contributed by atoms with Gasteiger partial charge in [0.25, 0.3) is 0 Å². The Kier molecular flexibility index (Phi) is 3.11. The van der Waals surface area contributed by atoms with Gasteiger partial charge in [-0.15, -0.1) is 0 Å². The first kappa shape index (κ1) is 11.6. The first-order valence-corrected chi connectivity index (χ1v) is 5.24. The third-order valence-corrected chi connectivity index (χ3v) is 2.63. The van der Waals surface area contributed by atoms with Gasteiger partial charge in [0.05, 0.1) is 5.56 Å². The normalized spacial score (nSPS) is 10.2. The summed E-state index contributed by atoms with van der Waals surface area (Å²) in [6.45, 7) is 0. The molecule has 0 heterocycles. The predicted octanol–water partition coefficient (Wildman–Crippen LogP) is 3.84. The molecule has 1 N–H and O–H groups in total.